The van der Waals surface area contributed by atoms with Gasteiger partial charge in [0.2, 0.25) is 0 Å². The lowest BCUT2D eigenvalue weighted by Crippen LogP contribution is -2.05. The number of unbranched alkanes of at least 4 members (excludes halogenated alkanes) is 1. The predicted octanol–water partition coefficient (Wildman–Crippen LogP) is 4.60. The average molecular weight is 260 g/mol. The molecule has 0 spiro atoms. The summed E-state index contributed by atoms with van der Waals surface area (Å²) in [5.74, 6) is 0.257. The molecular weight excluding hydrogens is 236 g/mol. The average Bonchev–Trinajstić information content (AvgIpc) is 2.42. The van der Waals surface area contributed by atoms with Gasteiger partial charge in [-0.3, -0.25) is 0 Å². The highest BCUT2D eigenvalue weighted by Gasteiger charge is 2.06. The standard InChI is InChI=1S/C17H24O2/c1-5-6-7-14(4)16-10-8-15(9-11-16)12-19-17(18)13(2)3/h8-11,14H,2,5-7,12H2,1,3-4H3. The molecule has 19 heavy (non-hydrogen) atoms. The molecule has 0 aliphatic carbocycles. The van der Waals surface area contributed by atoms with Gasteiger partial charge in [-0.2, -0.15) is 0 Å². The Morgan fingerprint density at radius 2 is 1.95 bits per heavy atom. The van der Waals surface area contributed by atoms with E-state index in [1.54, 1.807) is 6.92 Å². The maximum absolute atomic E-state index is 11.3. The van der Waals surface area contributed by atoms with Crippen LogP contribution in [-0.4, -0.2) is 5.97 Å². The van der Waals surface area contributed by atoms with Crippen LogP contribution in [0, 0.1) is 0 Å². The topological polar surface area (TPSA) is 26.3 Å². The summed E-state index contributed by atoms with van der Waals surface area (Å²) in [4.78, 5) is 11.3. The molecule has 104 valence electrons. The lowest BCUT2D eigenvalue weighted by molar-refractivity contribution is -0.140. The lowest BCUT2D eigenvalue weighted by atomic mass is 9.95. The zero-order chi connectivity index (χ0) is 14.3. The van der Waals surface area contributed by atoms with Crippen LogP contribution in [0.3, 0.4) is 0 Å². The van der Waals surface area contributed by atoms with Crippen molar-refractivity contribution < 1.29 is 9.53 Å². The van der Waals surface area contributed by atoms with E-state index in [0.717, 1.165) is 5.56 Å². The van der Waals surface area contributed by atoms with Crippen LogP contribution in [0.1, 0.15) is 57.1 Å². The second kappa shape index (κ2) is 7.78. The van der Waals surface area contributed by atoms with Gasteiger partial charge in [-0.15, -0.1) is 0 Å². The molecule has 0 fully saturated rings. The fraction of sp³-hybridized carbons (Fsp3) is 0.471. The highest BCUT2D eigenvalue weighted by Crippen LogP contribution is 2.21. The van der Waals surface area contributed by atoms with Gasteiger partial charge >= 0.3 is 5.97 Å². The van der Waals surface area contributed by atoms with Crippen LogP contribution in [0.5, 0.6) is 0 Å². The molecule has 0 saturated heterocycles. The first-order valence-corrected chi connectivity index (χ1v) is 6.96. The van der Waals surface area contributed by atoms with E-state index < -0.39 is 0 Å². The van der Waals surface area contributed by atoms with Crippen molar-refractivity contribution in [2.75, 3.05) is 0 Å². The molecule has 0 amide bonds. The third-order valence-electron chi connectivity index (χ3n) is 3.26. The number of hydrogen-bond acceptors (Lipinski definition) is 2. The van der Waals surface area contributed by atoms with Crippen molar-refractivity contribution in [3.05, 3.63) is 47.5 Å². The molecule has 1 unspecified atom stereocenters. The van der Waals surface area contributed by atoms with Crippen molar-refractivity contribution in [1.29, 1.82) is 0 Å². The van der Waals surface area contributed by atoms with Gasteiger partial charge < -0.3 is 4.74 Å². The predicted molar refractivity (Wildman–Crippen MR) is 79.0 cm³/mol. The number of esters is 1. The molecule has 0 bridgehead atoms. The molecule has 0 radical (unpaired) electrons. The largest absolute Gasteiger partial charge is 0.457 e. The Balaban J connectivity index is 2.51. The van der Waals surface area contributed by atoms with Gasteiger partial charge in [0.1, 0.15) is 6.61 Å². The van der Waals surface area contributed by atoms with Gasteiger partial charge in [0.05, 0.1) is 0 Å². The Morgan fingerprint density at radius 3 is 2.47 bits per heavy atom. The molecule has 1 aromatic rings. The van der Waals surface area contributed by atoms with Crippen molar-refractivity contribution in [3.63, 3.8) is 0 Å². The van der Waals surface area contributed by atoms with E-state index in [1.165, 1.54) is 24.8 Å². The van der Waals surface area contributed by atoms with Crippen molar-refractivity contribution in [1.82, 2.24) is 0 Å². The second-order valence-electron chi connectivity index (χ2n) is 5.14. The fourth-order valence-corrected chi connectivity index (χ4v) is 1.89. The minimum absolute atomic E-state index is 0.315. The summed E-state index contributed by atoms with van der Waals surface area (Å²) in [6, 6.07) is 8.32. The summed E-state index contributed by atoms with van der Waals surface area (Å²) in [5, 5.41) is 0. The second-order valence-corrected chi connectivity index (χ2v) is 5.14. The summed E-state index contributed by atoms with van der Waals surface area (Å²) in [5.41, 5.74) is 2.80. The number of carbonyl (C=O) groups excluding carboxylic acids is 1. The maximum atomic E-state index is 11.3. The molecule has 0 aromatic heterocycles. The van der Waals surface area contributed by atoms with E-state index in [0.29, 0.717) is 18.1 Å². The third-order valence-corrected chi connectivity index (χ3v) is 3.26. The number of benzene rings is 1. The van der Waals surface area contributed by atoms with Gasteiger partial charge in [-0.25, -0.2) is 4.79 Å². The number of ether oxygens (including phenoxy) is 1. The molecule has 0 aliphatic rings. The van der Waals surface area contributed by atoms with Crippen LogP contribution in [0.25, 0.3) is 0 Å². The first kappa shape index (κ1) is 15.5. The number of hydrogen-bond donors (Lipinski definition) is 0. The molecule has 0 N–H and O–H groups in total. The summed E-state index contributed by atoms with van der Waals surface area (Å²) in [7, 11) is 0. The van der Waals surface area contributed by atoms with Gasteiger partial charge in [-0.1, -0.05) is 57.5 Å². The van der Waals surface area contributed by atoms with E-state index in [4.69, 9.17) is 4.74 Å². The van der Waals surface area contributed by atoms with Crippen LogP contribution in [0.15, 0.2) is 36.4 Å². The number of rotatable bonds is 7. The molecular formula is C17H24O2. The minimum atomic E-state index is -0.333. The Bertz CT molecular complexity index is 417. The van der Waals surface area contributed by atoms with Crippen LogP contribution in [-0.2, 0) is 16.1 Å². The van der Waals surface area contributed by atoms with Gasteiger partial charge in [0, 0.05) is 5.57 Å². The maximum Gasteiger partial charge on any atom is 0.333 e. The third kappa shape index (κ3) is 5.29. The summed E-state index contributed by atoms with van der Waals surface area (Å²) in [6.45, 7) is 10.00. The SMILES string of the molecule is C=C(C)C(=O)OCc1ccc(C(C)CCCC)cc1. The summed E-state index contributed by atoms with van der Waals surface area (Å²) >= 11 is 0. The monoisotopic (exact) mass is 260 g/mol. The van der Waals surface area contributed by atoms with Crippen molar-refractivity contribution in [2.24, 2.45) is 0 Å². The highest BCUT2D eigenvalue weighted by molar-refractivity contribution is 5.86. The van der Waals surface area contributed by atoms with Crippen molar-refractivity contribution in [3.8, 4) is 0 Å². The fourth-order valence-electron chi connectivity index (χ4n) is 1.89. The molecule has 2 nitrogen and oxygen atoms in total. The smallest absolute Gasteiger partial charge is 0.333 e. The van der Waals surface area contributed by atoms with E-state index in [1.807, 2.05) is 12.1 Å². The van der Waals surface area contributed by atoms with E-state index in [-0.39, 0.29) is 5.97 Å². The summed E-state index contributed by atoms with van der Waals surface area (Å²) in [6.07, 6.45) is 3.72. The first-order valence-electron chi connectivity index (χ1n) is 6.96. The normalized spacial score (nSPS) is 11.9. The van der Waals surface area contributed by atoms with Crippen molar-refractivity contribution >= 4 is 5.97 Å². The van der Waals surface area contributed by atoms with E-state index in [2.05, 4.69) is 32.6 Å². The lowest BCUT2D eigenvalue weighted by Gasteiger charge is -2.12. The highest BCUT2D eigenvalue weighted by atomic mass is 16.5. The van der Waals surface area contributed by atoms with Crippen LogP contribution >= 0.6 is 0 Å². The van der Waals surface area contributed by atoms with Gasteiger partial charge in [-0.05, 0) is 30.4 Å². The Hall–Kier alpha value is -1.57. The molecule has 0 heterocycles. The number of carbonyl (C=O) groups is 1. The Morgan fingerprint density at radius 1 is 1.32 bits per heavy atom. The minimum Gasteiger partial charge on any atom is -0.457 e. The van der Waals surface area contributed by atoms with E-state index in [9.17, 15) is 4.79 Å². The molecule has 1 atom stereocenters. The first-order chi connectivity index (χ1) is 9.04. The quantitative estimate of drug-likeness (QED) is 0.529. The summed E-state index contributed by atoms with van der Waals surface area (Å²) < 4.78 is 5.12. The van der Waals surface area contributed by atoms with Crippen LogP contribution < -0.4 is 0 Å². The van der Waals surface area contributed by atoms with Gasteiger partial charge in [0.15, 0.2) is 0 Å². The zero-order valence-corrected chi connectivity index (χ0v) is 12.2. The Labute approximate surface area is 116 Å². The molecule has 1 rings (SSSR count). The Kier molecular flexibility index (Phi) is 6.34. The molecule has 2 heteroatoms. The van der Waals surface area contributed by atoms with Crippen LogP contribution in [0.4, 0.5) is 0 Å². The molecule has 0 aliphatic heterocycles. The van der Waals surface area contributed by atoms with Crippen LogP contribution in [0.2, 0.25) is 0 Å². The molecule has 0 saturated carbocycles. The van der Waals surface area contributed by atoms with E-state index >= 15 is 0 Å². The van der Waals surface area contributed by atoms with Crippen molar-refractivity contribution in [2.45, 2.75) is 52.6 Å². The molecule has 1 aromatic carbocycles. The van der Waals surface area contributed by atoms with Gasteiger partial charge in [0.25, 0.3) is 0 Å². The zero-order valence-electron chi connectivity index (χ0n) is 12.2.